The molecule has 3 aliphatic carbocycles. The van der Waals surface area contributed by atoms with E-state index >= 15 is 0 Å². The maximum atomic E-state index is 5.74. The van der Waals surface area contributed by atoms with Gasteiger partial charge in [-0.15, -0.1) is 0 Å². The maximum Gasteiger partial charge on any atom is 0.229 e. The van der Waals surface area contributed by atoms with Crippen molar-refractivity contribution in [2.24, 2.45) is 0 Å². The van der Waals surface area contributed by atoms with Gasteiger partial charge in [0, 0.05) is 35.9 Å². The Hall–Kier alpha value is -1.72. The Morgan fingerprint density at radius 2 is 1.86 bits per heavy atom. The number of aromatic nitrogens is 2. The zero-order chi connectivity index (χ0) is 19.1. The average Bonchev–Trinajstić information content (AvgIpc) is 3.64. The van der Waals surface area contributed by atoms with Crippen molar-refractivity contribution in [1.29, 1.82) is 0 Å². The Labute approximate surface area is 167 Å². The molecule has 0 saturated heterocycles. The molecule has 0 amide bonds. The predicted molar refractivity (Wildman–Crippen MR) is 109 cm³/mol. The van der Waals surface area contributed by atoms with E-state index < -0.39 is 0 Å². The molecule has 0 bridgehead atoms. The van der Waals surface area contributed by atoms with Crippen molar-refractivity contribution in [3.63, 3.8) is 0 Å². The molecule has 2 aromatic rings. The van der Waals surface area contributed by atoms with E-state index in [0.717, 1.165) is 31.1 Å². The molecule has 28 heavy (non-hydrogen) atoms. The maximum absolute atomic E-state index is 5.74. The van der Waals surface area contributed by atoms with E-state index in [0.29, 0.717) is 23.9 Å². The first-order valence-electron chi connectivity index (χ1n) is 10.9. The monoisotopic (exact) mass is 380 g/mol. The Bertz CT molecular complexity index is 790. The topological polar surface area (TPSA) is 54.2 Å². The van der Waals surface area contributed by atoms with Crippen LogP contribution in [0.25, 0.3) is 0 Å². The second kappa shape index (κ2) is 7.27. The molecule has 0 spiro atoms. The molecule has 3 fully saturated rings. The molecule has 3 aliphatic rings. The summed E-state index contributed by atoms with van der Waals surface area (Å²) in [5.74, 6) is 2.95. The SMILES string of the molecule is CN(C)[C@H]1CC[C@@H](c2nc(C3(CN[C@@H]4CC4c4ccccc4)CC3)no2)CC1. The summed E-state index contributed by atoms with van der Waals surface area (Å²) in [6.07, 6.45) is 8.37. The summed E-state index contributed by atoms with van der Waals surface area (Å²) in [6.45, 7) is 0.980. The zero-order valence-corrected chi connectivity index (χ0v) is 17.1. The van der Waals surface area contributed by atoms with Crippen LogP contribution in [0.4, 0.5) is 0 Å². The summed E-state index contributed by atoms with van der Waals surface area (Å²) in [6, 6.07) is 12.2. The molecule has 5 rings (SSSR count). The zero-order valence-electron chi connectivity index (χ0n) is 17.1. The van der Waals surface area contributed by atoms with Crippen LogP contribution in [0.2, 0.25) is 0 Å². The first-order valence-corrected chi connectivity index (χ1v) is 10.9. The quantitative estimate of drug-likeness (QED) is 0.791. The van der Waals surface area contributed by atoms with Crippen molar-refractivity contribution >= 4 is 0 Å². The van der Waals surface area contributed by atoms with Gasteiger partial charge in [0.15, 0.2) is 5.82 Å². The number of hydrogen-bond donors (Lipinski definition) is 1. The largest absolute Gasteiger partial charge is 0.339 e. The smallest absolute Gasteiger partial charge is 0.229 e. The molecule has 0 radical (unpaired) electrons. The van der Waals surface area contributed by atoms with Crippen molar-refractivity contribution in [3.8, 4) is 0 Å². The van der Waals surface area contributed by atoms with Crippen molar-refractivity contribution in [1.82, 2.24) is 20.4 Å². The van der Waals surface area contributed by atoms with Gasteiger partial charge in [0.25, 0.3) is 0 Å². The van der Waals surface area contributed by atoms with E-state index in [4.69, 9.17) is 9.51 Å². The summed E-state index contributed by atoms with van der Waals surface area (Å²) in [5, 5.41) is 8.21. The lowest BCUT2D eigenvalue weighted by Gasteiger charge is -2.31. The molecule has 1 aromatic heterocycles. The van der Waals surface area contributed by atoms with Gasteiger partial charge in [0.1, 0.15) is 0 Å². The minimum absolute atomic E-state index is 0.117. The molecule has 1 N–H and O–H groups in total. The molecule has 3 saturated carbocycles. The Balaban J connectivity index is 1.16. The van der Waals surface area contributed by atoms with Gasteiger partial charge in [-0.25, -0.2) is 0 Å². The summed E-state index contributed by atoms with van der Waals surface area (Å²) in [5.41, 5.74) is 1.58. The minimum Gasteiger partial charge on any atom is -0.339 e. The molecule has 5 nitrogen and oxygen atoms in total. The van der Waals surface area contributed by atoms with Gasteiger partial charge in [-0.2, -0.15) is 4.98 Å². The van der Waals surface area contributed by atoms with Crippen LogP contribution in [0.1, 0.15) is 74.1 Å². The van der Waals surface area contributed by atoms with Gasteiger partial charge in [-0.3, -0.25) is 0 Å². The predicted octanol–water partition coefficient (Wildman–Crippen LogP) is 3.83. The third kappa shape index (κ3) is 3.62. The van der Waals surface area contributed by atoms with E-state index in [1.807, 2.05) is 0 Å². The lowest BCUT2D eigenvalue weighted by Crippen LogP contribution is -2.31. The van der Waals surface area contributed by atoms with Crippen LogP contribution in [0.15, 0.2) is 34.9 Å². The molecule has 5 heteroatoms. The Morgan fingerprint density at radius 1 is 1.11 bits per heavy atom. The van der Waals surface area contributed by atoms with Gasteiger partial charge in [-0.1, -0.05) is 35.5 Å². The van der Waals surface area contributed by atoms with Crippen LogP contribution in [0.3, 0.4) is 0 Å². The molecule has 1 aromatic carbocycles. The highest BCUT2D eigenvalue weighted by atomic mass is 16.5. The minimum atomic E-state index is 0.117. The van der Waals surface area contributed by atoms with Crippen LogP contribution >= 0.6 is 0 Å². The Morgan fingerprint density at radius 3 is 2.54 bits per heavy atom. The van der Waals surface area contributed by atoms with Crippen LogP contribution in [-0.2, 0) is 5.41 Å². The first-order chi connectivity index (χ1) is 13.6. The number of hydrogen-bond acceptors (Lipinski definition) is 5. The second-order valence-corrected chi connectivity index (χ2v) is 9.45. The lowest BCUT2D eigenvalue weighted by atomic mass is 9.85. The first kappa shape index (κ1) is 18.3. The highest BCUT2D eigenvalue weighted by Gasteiger charge is 2.50. The Kier molecular flexibility index (Phi) is 4.76. The second-order valence-electron chi connectivity index (χ2n) is 9.45. The highest BCUT2D eigenvalue weighted by Crippen LogP contribution is 2.48. The van der Waals surface area contributed by atoms with E-state index in [1.165, 1.54) is 37.7 Å². The summed E-state index contributed by atoms with van der Waals surface area (Å²) in [7, 11) is 4.36. The van der Waals surface area contributed by atoms with Crippen molar-refractivity contribution in [2.45, 2.75) is 74.3 Å². The number of benzene rings is 1. The van der Waals surface area contributed by atoms with Crippen molar-refractivity contribution < 1.29 is 4.52 Å². The van der Waals surface area contributed by atoms with Gasteiger partial charge >= 0.3 is 0 Å². The molecular weight excluding hydrogens is 348 g/mol. The molecule has 150 valence electrons. The average molecular weight is 381 g/mol. The van der Waals surface area contributed by atoms with E-state index in [1.54, 1.807) is 0 Å². The van der Waals surface area contributed by atoms with Gasteiger partial charge in [-0.05, 0) is 64.6 Å². The van der Waals surface area contributed by atoms with Crippen LogP contribution in [0.5, 0.6) is 0 Å². The lowest BCUT2D eigenvalue weighted by molar-refractivity contribution is 0.201. The fourth-order valence-corrected chi connectivity index (χ4v) is 4.90. The van der Waals surface area contributed by atoms with Crippen LogP contribution in [0, 0.1) is 0 Å². The fourth-order valence-electron chi connectivity index (χ4n) is 4.90. The van der Waals surface area contributed by atoms with Gasteiger partial charge < -0.3 is 14.7 Å². The summed E-state index contributed by atoms with van der Waals surface area (Å²) >= 11 is 0. The molecular formula is C23H32N4O. The molecule has 1 heterocycles. The molecule has 2 atom stereocenters. The van der Waals surface area contributed by atoms with E-state index in [-0.39, 0.29) is 5.41 Å². The molecule has 0 aliphatic heterocycles. The van der Waals surface area contributed by atoms with E-state index in [2.05, 4.69) is 59.8 Å². The molecule has 1 unspecified atom stereocenters. The van der Waals surface area contributed by atoms with Gasteiger partial charge in [0.2, 0.25) is 5.89 Å². The van der Waals surface area contributed by atoms with Gasteiger partial charge in [0.05, 0.1) is 0 Å². The third-order valence-electron chi connectivity index (χ3n) is 7.27. The summed E-state index contributed by atoms with van der Waals surface area (Å²) in [4.78, 5) is 7.23. The van der Waals surface area contributed by atoms with Crippen LogP contribution in [-0.4, -0.2) is 47.8 Å². The van der Waals surface area contributed by atoms with E-state index in [9.17, 15) is 0 Å². The van der Waals surface area contributed by atoms with Crippen molar-refractivity contribution in [3.05, 3.63) is 47.6 Å². The fraction of sp³-hybridized carbons (Fsp3) is 0.652. The highest BCUT2D eigenvalue weighted by molar-refractivity contribution is 5.28. The number of nitrogens with one attached hydrogen (secondary N) is 1. The standard InChI is InChI=1S/C23H32N4O/c1-27(2)18-10-8-17(9-11-18)21-25-22(26-28-21)23(12-13-23)15-24-20-14-19(20)16-6-4-3-5-7-16/h3-7,17-20,24H,8-15H2,1-2H3/t17-,18+,19?,20-/m1/s1. The number of rotatable bonds is 7. The normalized spacial score (nSPS) is 31.1. The number of nitrogens with zero attached hydrogens (tertiary/aromatic N) is 3. The van der Waals surface area contributed by atoms with Crippen molar-refractivity contribution in [2.75, 3.05) is 20.6 Å². The van der Waals surface area contributed by atoms with Crippen LogP contribution < -0.4 is 5.32 Å². The summed E-state index contributed by atoms with van der Waals surface area (Å²) < 4.78 is 5.74. The third-order valence-corrected chi connectivity index (χ3v) is 7.27.